The molecule has 24 heavy (non-hydrogen) atoms. The maximum absolute atomic E-state index is 13.3. The number of hydrogen-bond acceptors (Lipinski definition) is 3. The van der Waals surface area contributed by atoms with Crippen molar-refractivity contribution in [2.24, 2.45) is 0 Å². The van der Waals surface area contributed by atoms with Crippen LogP contribution in [0.2, 0.25) is 0 Å². The van der Waals surface area contributed by atoms with Crippen molar-refractivity contribution in [2.45, 2.75) is 19.9 Å². The molecule has 4 nitrogen and oxygen atoms in total. The van der Waals surface area contributed by atoms with E-state index in [9.17, 15) is 9.18 Å². The van der Waals surface area contributed by atoms with E-state index in [0.717, 1.165) is 10.9 Å². The summed E-state index contributed by atoms with van der Waals surface area (Å²) in [4.78, 5) is 12.3. The zero-order valence-corrected chi connectivity index (χ0v) is 13.3. The Bertz CT molecular complexity index is 1130. The Kier molecular flexibility index (Phi) is 3.23. The normalized spacial score (nSPS) is 11.7. The third-order valence-corrected chi connectivity index (χ3v) is 4.03. The predicted octanol–water partition coefficient (Wildman–Crippen LogP) is 4.53. The van der Waals surface area contributed by atoms with Gasteiger partial charge < -0.3 is 4.42 Å². The van der Waals surface area contributed by atoms with E-state index in [1.54, 1.807) is 0 Å². The molecule has 0 atom stereocenters. The van der Waals surface area contributed by atoms with E-state index in [2.05, 4.69) is 5.10 Å². The third kappa shape index (κ3) is 2.21. The Hall–Kier alpha value is -2.95. The van der Waals surface area contributed by atoms with Gasteiger partial charge in [-0.2, -0.15) is 5.10 Å². The molecule has 120 valence electrons. The van der Waals surface area contributed by atoms with Gasteiger partial charge in [0, 0.05) is 17.5 Å². The highest BCUT2D eigenvalue weighted by atomic mass is 19.1. The van der Waals surface area contributed by atoms with Crippen LogP contribution in [-0.4, -0.2) is 9.78 Å². The minimum absolute atomic E-state index is 0.171. The number of benzene rings is 2. The Morgan fingerprint density at radius 2 is 1.88 bits per heavy atom. The number of rotatable bonds is 2. The first kappa shape index (κ1) is 14.6. The smallest absolute Gasteiger partial charge is 0.193 e. The standard InChI is InChI=1S/C19H15FN2O2/c1-11(2)22-15-6-4-3-5-13(15)19(21-22)18-10-16(23)14-9-12(20)7-8-17(14)24-18/h3-11H,1-2H3. The van der Waals surface area contributed by atoms with Crippen LogP contribution in [0.5, 0.6) is 0 Å². The van der Waals surface area contributed by atoms with Crippen LogP contribution in [0, 0.1) is 5.82 Å². The van der Waals surface area contributed by atoms with Crippen LogP contribution in [0.4, 0.5) is 4.39 Å². The summed E-state index contributed by atoms with van der Waals surface area (Å²) in [5.74, 6) is -0.0770. The number of fused-ring (bicyclic) bond motifs is 2. The van der Waals surface area contributed by atoms with Gasteiger partial charge in [-0.3, -0.25) is 9.48 Å². The zero-order chi connectivity index (χ0) is 16.8. The van der Waals surface area contributed by atoms with Gasteiger partial charge in [0.25, 0.3) is 0 Å². The molecule has 0 aliphatic carbocycles. The number of nitrogens with zero attached hydrogens (tertiary/aromatic N) is 2. The van der Waals surface area contributed by atoms with Crippen LogP contribution in [0.15, 0.2) is 57.7 Å². The molecule has 0 radical (unpaired) electrons. The number of para-hydroxylation sites is 1. The quantitative estimate of drug-likeness (QED) is 0.545. The average Bonchev–Trinajstić information content (AvgIpc) is 2.95. The minimum atomic E-state index is -0.461. The molecule has 2 aromatic heterocycles. The van der Waals surface area contributed by atoms with Crippen LogP contribution in [0.3, 0.4) is 0 Å². The van der Waals surface area contributed by atoms with Crippen LogP contribution in [0.1, 0.15) is 19.9 Å². The summed E-state index contributed by atoms with van der Waals surface area (Å²) in [6, 6.07) is 13.3. The molecule has 0 aliphatic rings. The van der Waals surface area contributed by atoms with Gasteiger partial charge in [0.05, 0.1) is 10.9 Å². The predicted molar refractivity (Wildman–Crippen MR) is 91.6 cm³/mol. The molecular weight excluding hydrogens is 307 g/mol. The van der Waals surface area contributed by atoms with Crippen molar-refractivity contribution in [3.63, 3.8) is 0 Å². The molecule has 4 aromatic rings. The van der Waals surface area contributed by atoms with Gasteiger partial charge in [0.15, 0.2) is 11.2 Å². The van der Waals surface area contributed by atoms with E-state index < -0.39 is 5.82 Å². The molecule has 2 aromatic carbocycles. The lowest BCUT2D eigenvalue weighted by molar-refractivity contribution is 0.546. The molecule has 2 heterocycles. The number of hydrogen-bond donors (Lipinski definition) is 0. The highest BCUT2D eigenvalue weighted by molar-refractivity contribution is 5.93. The van der Waals surface area contributed by atoms with Gasteiger partial charge in [0.2, 0.25) is 0 Å². The van der Waals surface area contributed by atoms with E-state index >= 15 is 0 Å². The van der Waals surface area contributed by atoms with Crippen molar-refractivity contribution in [2.75, 3.05) is 0 Å². The summed E-state index contributed by atoms with van der Waals surface area (Å²) in [6.07, 6.45) is 0. The maximum Gasteiger partial charge on any atom is 0.193 e. The van der Waals surface area contributed by atoms with Gasteiger partial charge in [-0.1, -0.05) is 18.2 Å². The zero-order valence-electron chi connectivity index (χ0n) is 13.3. The van der Waals surface area contributed by atoms with Crippen molar-refractivity contribution in [1.82, 2.24) is 9.78 Å². The second-order valence-electron chi connectivity index (χ2n) is 6.02. The van der Waals surface area contributed by atoms with Gasteiger partial charge in [-0.25, -0.2) is 4.39 Å². The van der Waals surface area contributed by atoms with Gasteiger partial charge in [-0.15, -0.1) is 0 Å². The lowest BCUT2D eigenvalue weighted by Crippen LogP contribution is -2.03. The third-order valence-electron chi connectivity index (χ3n) is 4.03. The number of halogens is 1. The van der Waals surface area contributed by atoms with Crippen molar-refractivity contribution < 1.29 is 8.81 Å². The molecule has 0 unspecified atom stereocenters. The largest absolute Gasteiger partial charge is 0.454 e. The van der Waals surface area contributed by atoms with Gasteiger partial charge >= 0.3 is 0 Å². The molecule has 0 amide bonds. The second kappa shape index (κ2) is 5.30. The fraction of sp³-hybridized carbons (Fsp3) is 0.158. The monoisotopic (exact) mass is 322 g/mol. The molecular formula is C19H15FN2O2. The van der Waals surface area contributed by atoms with Gasteiger partial charge in [0.1, 0.15) is 17.1 Å². The molecule has 0 saturated heterocycles. The summed E-state index contributed by atoms with van der Waals surface area (Å²) in [5.41, 5.74) is 1.66. The summed E-state index contributed by atoms with van der Waals surface area (Å²) < 4.78 is 21.1. The fourth-order valence-electron chi connectivity index (χ4n) is 2.91. The van der Waals surface area contributed by atoms with E-state index in [-0.39, 0.29) is 16.9 Å². The summed E-state index contributed by atoms with van der Waals surface area (Å²) >= 11 is 0. The lowest BCUT2D eigenvalue weighted by atomic mass is 10.1. The second-order valence-corrected chi connectivity index (χ2v) is 6.02. The van der Waals surface area contributed by atoms with Crippen LogP contribution < -0.4 is 5.43 Å². The molecule has 0 saturated carbocycles. The maximum atomic E-state index is 13.3. The van der Waals surface area contributed by atoms with E-state index in [1.165, 1.54) is 24.3 Å². The molecule has 0 fully saturated rings. The molecule has 0 bridgehead atoms. The first-order valence-electron chi connectivity index (χ1n) is 7.75. The lowest BCUT2D eigenvalue weighted by Gasteiger charge is -2.06. The molecule has 0 N–H and O–H groups in total. The van der Waals surface area contributed by atoms with Crippen LogP contribution in [0.25, 0.3) is 33.3 Å². The molecule has 0 spiro atoms. The Labute approximate surface area is 137 Å². The first-order valence-corrected chi connectivity index (χ1v) is 7.75. The SMILES string of the molecule is CC(C)n1nc(-c2cc(=O)c3cc(F)ccc3o2)c2ccccc21. The molecule has 5 heteroatoms. The molecule has 4 rings (SSSR count). The Morgan fingerprint density at radius 3 is 2.67 bits per heavy atom. The number of aromatic nitrogens is 2. The Balaban J connectivity index is 2.03. The summed E-state index contributed by atoms with van der Waals surface area (Å²) in [6.45, 7) is 4.09. The highest BCUT2D eigenvalue weighted by Gasteiger charge is 2.17. The summed E-state index contributed by atoms with van der Waals surface area (Å²) in [7, 11) is 0. The topological polar surface area (TPSA) is 48.0 Å². The average molecular weight is 322 g/mol. The van der Waals surface area contributed by atoms with Crippen molar-refractivity contribution in [3.05, 3.63) is 64.6 Å². The highest BCUT2D eigenvalue weighted by Crippen LogP contribution is 2.30. The van der Waals surface area contributed by atoms with Crippen molar-refractivity contribution in [3.8, 4) is 11.5 Å². The first-order chi connectivity index (χ1) is 11.5. The van der Waals surface area contributed by atoms with E-state index in [0.29, 0.717) is 17.0 Å². The van der Waals surface area contributed by atoms with Crippen LogP contribution >= 0.6 is 0 Å². The summed E-state index contributed by atoms with van der Waals surface area (Å²) in [5, 5.41) is 5.78. The van der Waals surface area contributed by atoms with Crippen molar-refractivity contribution >= 4 is 21.9 Å². The van der Waals surface area contributed by atoms with Gasteiger partial charge in [-0.05, 0) is 38.1 Å². The fourth-order valence-corrected chi connectivity index (χ4v) is 2.91. The Morgan fingerprint density at radius 1 is 1.08 bits per heavy atom. The minimum Gasteiger partial charge on any atom is -0.454 e. The van der Waals surface area contributed by atoms with Crippen LogP contribution in [-0.2, 0) is 0 Å². The van der Waals surface area contributed by atoms with Crippen molar-refractivity contribution in [1.29, 1.82) is 0 Å². The van der Waals surface area contributed by atoms with E-state index in [1.807, 2.05) is 42.8 Å². The van der Waals surface area contributed by atoms with E-state index in [4.69, 9.17) is 4.42 Å². The molecule has 0 aliphatic heterocycles.